The van der Waals surface area contributed by atoms with E-state index in [-0.39, 0.29) is 16.3 Å². The standard InChI is InChI=1S/C14H21N5O2S/c1-17(2)14(6-4-3-5-7-14)10-15-11-12(19(20)21)18-8-9-22-13(18)16-11/h8-9,15H,3-7,10H2,1-2H3. The Bertz CT molecular complexity index is 672. The number of nitro groups is 1. The van der Waals surface area contributed by atoms with E-state index in [4.69, 9.17) is 0 Å². The second kappa shape index (κ2) is 5.85. The summed E-state index contributed by atoms with van der Waals surface area (Å²) in [6, 6.07) is 0. The second-order valence-electron chi connectivity index (χ2n) is 6.13. The van der Waals surface area contributed by atoms with E-state index in [0.29, 0.717) is 17.3 Å². The molecule has 22 heavy (non-hydrogen) atoms. The number of fused-ring (bicyclic) bond motifs is 1. The smallest absolute Gasteiger partial charge is 0.361 e. The van der Waals surface area contributed by atoms with Gasteiger partial charge in [-0.2, -0.15) is 9.38 Å². The molecule has 1 aliphatic rings. The highest BCUT2D eigenvalue weighted by molar-refractivity contribution is 7.15. The van der Waals surface area contributed by atoms with E-state index >= 15 is 0 Å². The van der Waals surface area contributed by atoms with Crippen molar-refractivity contribution < 1.29 is 4.92 Å². The summed E-state index contributed by atoms with van der Waals surface area (Å²) in [5.41, 5.74) is 0.0587. The van der Waals surface area contributed by atoms with Crippen LogP contribution in [0, 0.1) is 10.1 Å². The summed E-state index contributed by atoms with van der Waals surface area (Å²) < 4.78 is 1.54. The topological polar surface area (TPSA) is 75.7 Å². The number of nitrogens with zero attached hydrogens (tertiary/aromatic N) is 4. The van der Waals surface area contributed by atoms with Crippen LogP contribution in [0.1, 0.15) is 32.1 Å². The molecule has 8 heteroatoms. The minimum Gasteiger partial charge on any atom is -0.361 e. The van der Waals surface area contributed by atoms with Crippen LogP contribution in [0.4, 0.5) is 11.6 Å². The van der Waals surface area contributed by atoms with Crippen LogP contribution < -0.4 is 5.32 Å². The highest BCUT2D eigenvalue weighted by Gasteiger charge is 2.35. The van der Waals surface area contributed by atoms with Crippen LogP contribution in [-0.2, 0) is 0 Å². The molecular formula is C14H21N5O2S. The fourth-order valence-electron chi connectivity index (χ4n) is 3.31. The van der Waals surface area contributed by atoms with E-state index in [1.165, 1.54) is 35.0 Å². The Morgan fingerprint density at radius 2 is 2.18 bits per heavy atom. The van der Waals surface area contributed by atoms with Crippen LogP contribution in [0.15, 0.2) is 11.6 Å². The summed E-state index contributed by atoms with van der Waals surface area (Å²) in [6.45, 7) is 0.686. The van der Waals surface area contributed by atoms with Crippen LogP contribution in [0.3, 0.4) is 0 Å². The van der Waals surface area contributed by atoms with Crippen molar-refractivity contribution in [3.63, 3.8) is 0 Å². The van der Waals surface area contributed by atoms with Gasteiger partial charge < -0.3 is 20.3 Å². The summed E-state index contributed by atoms with van der Waals surface area (Å²) in [5.74, 6) is 0.407. The maximum absolute atomic E-state index is 11.4. The van der Waals surface area contributed by atoms with Crippen molar-refractivity contribution in [3.8, 4) is 0 Å². The molecule has 1 saturated carbocycles. The number of rotatable bonds is 5. The van der Waals surface area contributed by atoms with E-state index < -0.39 is 0 Å². The number of hydrogen-bond acceptors (Lipinski definition) is 6. The first-order valence-corrected chi connectivity index (χ1v) is 8.43. The maximum Gasteiger partial charge on any atom is 0.372 e. The normalized spacial score (nSPS) is 18.0. The summed E-state index contributed by atoms with van der Waals surface area (Å²) in [7, 11) is 4.18. The van der Waals surface area contributed by atoms with Crippen molar-refractivity contribution in [2.24, 2.45) is 0 Å². The van der Waals surface area contributed by atoms with Crippen LogP contribution in [0.5, 0.6) is 0 Å². The van der Waals surface area contributed by atoms with Gasteiger partial charge in [0.05, 0.1) is 0 Å². The number of anilines is 1. The molecule has 2 aromatic heterocycles. The molecule has 0 bridgehead atoms. The SMILES string of the molecule is CN(C)C1(CNc2nc3sccn3c2[N+](=O)[O-])CCCCC1. The van der Waals surface area contributed by atoms with Crippen molar-refractivity contribution in [3.05, 3.63) is 21.7 Å². The van der Waals surface area contributed by atoms with Crippen LogP contribution >= 0.6 is 11.3 Å². The average molecular weight is 323 g/mol. The lowest BCUT2D eigenvalue weighted by Gasteiger charge is -2.43. The first-order valence-electron chi connectivity index (χ1n) is 7.55. The highest BCUT2D eigenvalue weighted by Crippen LogP contribution is 2.34. The number of imidazole rings is 1. The maximum atomic E-state index is 11.4. The predicted octanol–water partition coefficient (Wildman–Crippen LogP) is 2.98. The van der Waals surface area contributed by atoms with Crippen molar-refractivity contribution in [2.75, 3.05) is 26.0 Å². The zero-order valence-corrected chi connectivity index (χ0v) is 13.7. The third-order valence-electron chi connectivity index (χ3n) is 4.73. The van der Waals surface area contributed by atoms with Crippen molar-refractivity contribution in [2.45, 2.75) is 37.6 Å². The van der Waals surface area contributed by atoms with Crippen molar-refractivity contribution >= 4 is 27.9 Å². The Balaban J connectivity index is 1.85. The van der Waals surface area contributed by atoms with E-state index in [1.807, 2.05) is 5.38 Å². The first kappa shape index (κ1) is 15.2. The minimum absolute atomic E-state index is 0.0287. The molecule has 0 amide bonds. The molecule has 0 radical (unpaired) electrons. The predicted molar refractivity (Wildman–Crippen MR) is 87.7 cm³/mol. The lowest BCUT2D eigenvalue weighted by Crippen LogP contribution is -2.51. The van der Waals surface area contributed by atoms with Gasteiger partial charge in [0.1, 0.15) is 6.20 Å². The quantitative estimate of drug-likeness (QED) is 0.676. The van der Waals surface area contributed by atoms with Gasteiger partial charge in [-0.3, -0.25) is 0 Å². The zero-order chi connectivity index (χ0) is 15.7. The Labute approximate surface area is 133 Å². The van der Waals surface area contributed by atoms with E-state index in [2.05, 4.69) is 29.3 Å². The van der Waals surface area contributed by atoms with E-state index in [0.717, 1.165) is 12.8 Å². The van der Waals surface area contributed by atoms with Gasteiger partial charge in [0.25, 0.3) is 4.96 Å². The van der Waals surface area contributed by atoms with Gasteiger partial charge in [-0.15, -0.1) is 0 Å². The van der Waals surface area contributed by atoms with Crippen LogP contribution in [0.2, 0.25) is 0 Å². The molecule has 1 fully saturated rings. The first-order chi connectivity index (χ1) is 10.5. The minimum atomic E-state index is -0.363. The van der Waals surface area contributed by atoms with Gasteiger partial charge in [0, 0.05) is 17.5 Å². The second-order valence-corrected chi connectivity index (χ2v) is 7.00. The number of hydrogen-bond donors (Lipinski definition) is 1. The Morgan fingerprint density at radius 1 is 1.45 bits per heavy atom. The third-order valence-corrected chi connectivity index (χ3v) is 5.48. The summed E-state index contributed by atoms with van der Waals surface area (Å²) >= 11 is 1.40. The summed E-state index contributed by atoms with van der Waals surface area (Å²) in [4.78, 5) is 18.3. The molecule has 2 aromatic rings. The van der Waals surface area contributed by atoms with Gasteiger partial charge >= 0.3 is 5.82 Å². The Hall–Kier alpha value is -1.67. The molecule has 1 N–H and O–H groups in total. The molecule has 0 atom stereocenters. The van der Waals surface area contributed by atoms with Gasteiger partial charge in [-0.25, -0.2) is 0 Å². The number of aromatic nitrogens is 2. The average Bonchev–Trinajstić information content (AvgIpc) is 3.05. The van der Waals surface area contributed by atoms with Gasteiger partial charge in [0.2, 0.25) is 5.82 Å². The molecule has 120 valence electrons. The molecule has 0 saturated heterocycles. The third kappa shape index (κ3) is 2.56. The largest absolute Gasteiger partial charge is 0.372 e. The molecule has 0 aromatic carbocycles. The van der Waals surface area contributed by atoms with E-state index in [1.54, 1.807) is 6.20 Å². The Morgan fingerprint density at radius 3 is 2.82 bits per heavy atom. The fourth-order valence-corrected chi connectivity index (χ4v) is 4.02. The fraction of sp³-hybridized carbons (Fsp3) is 0.643. The Kier molecular flexibility index (Phi) is 4.05. The van der Waals surface area contributed by atoms with Gasteiger partial charge in [-0.05, 0) is 31.9 Å². The molecular weight excluding hydrogens is 302 g/mol. The highest BCUT2D eigenvalue weighted by atomic mass is 32.1. The molecule has 7 nitrogen and oxygen atoms in total. The molecule has 3 rings (SSSR count). The van der Waals surface area contributed by atoms with Gasteiger partial charge in [-0.1, -0.05) is 30.6 Å². The molecule has 2 heterocycles. The lowest BCUT2D eigenvalue weighted by atomic mass is 9.80. The van der Waals surface area contributed by atoms with Crippen LogP contribution in [-0.4, -0.2) is 45.4 Å². The van der Waals surface area contributed by atoms with Crippen LogP contribution in [0.25, 0.3) is 4.96 Å². The van der Waals surface area contributed by atoms with Gasteiger partial charge in [0.15, 0.2) is 0 Å². The summed E-state index contributed by atoms with van der Waals surface area (Å²) in [5, 5.41) is 16.4. The number of likely N-dealkylation sites (N-methyl/N-ethyl adjacent to an activating group) is 1. The zero-order valence-electron chi connectivity index (χ0n) is 12.9. The molecule has 0 unspecified atom stereocenters. The molecule has 0 spiro atoms. The lowest BCUT2D eigenvalue weighted by molar-refractivity contribution is -0.389. The van der Waals surface area contributed by atoms with Crippen molar-refractivity contribution in [1.29, 1.82) is 0 Å². The number of nitrogens with one attached hydrogen (secondary N) is 1. The monoisotopic (exact) mass is 323 g/mol. The molecule has 0 aliphatic heterocycles. The number of thiazole rings is 1. The molecule has 1 aliphatic carbocycles. The van der Waals surface area contributed by atoms with E-state index in [9.17, 15) is 10.1 Å². The summed E-state index contributed by atoms with van der Waals surface area (Å²) in [6.07, 6.45) is 7.61. The van der Waals surface area contributed by atoms with Crippen molar-refractivity contribution in [1.82, 2.24) is 14.3 Å².